The Kier molecular flexibility index (Phi) is 3.50. The molecule has 0 aromatic rings. The molecule has 0 aromatic heterocycles. The number of primary amides is 1. The number of carbonyl (C=O) groups excluding carboxylic acids is 1. The molecule has 1 aliphatic rings. The number of nitrogens with zero attached hydrogens (tertiary/aromatic N) is 1. The first-order valence-corrected chi connectivity index (χ1v) is 5.26. The lowest BCUT2D eigenvalue weighted by Crippen LogP contribution is -2.58. The first kappa shape index (κ1) is 11.5. The minimum atomic E-state index is -0.897. The molecule has 4 N–H and O–H groups in total. The predicted molar refractivity (Wildman–Crippen MR) is 56.7 cm³/mol. The Morgan fingerprint density at radius 2 is 2.21 bits per heavy atom. The van der Waals surface area contributed by atoms with Crippen molar-refractivity contribution in [3.05, 3.63) is 0 Å². The Labute approximate surface area is 85.6 Å². The molecule has 1 aliphatic heterocycles. The highest BCUT2D eigenvalue weighted by Crippen LogP contribution is 2.18. The maximum absolute atomic E-state index is 11.1. The van der Waals surface area contributed by atoms with Crippen LogP contribution >= 0.6 is 0 Å². The molecule has 0 saturated carbocycles. The van der Waals surface area contributed by atoms with Crippen LogP contribution < -0.4 is 11.5 Å². The van der Waals surface area contributed by atoms with Gasteiger partial charge < -0.3 is 11.5 Å². The molecule has 1 amide bonds. The first-order chi connectivity index (χ1) is 6.43. The summed E-state index contributed by atoms with van der Waals surface area (Å²) in [5.74, 6) is -0.421. The lowest BCUT2D eigenvalue weighted by molar-refractivity contribution is -0.123. The minimum Gasteiger partial charge on any atom is -0.368 e. The molecule has 1 rings (SSSR count). The molecule has 1 fully saturated rings. The van der Waals surface area contributed by atoms with Crippen LogP contribution in [0.2, 0.25) is 0 Å². The highest BCUT2D eigenvalue weighted by atomic mass is 16.1. The summed E-state index contributed by atoms with van der Waals surface area (Å²) >= 11 is 0. The van der Waals surface area contributed by atoms with Crippen LogP contribution in [0.25, 0.3) is 0 Å². The van der Waals surface area contributed by atoms with E-state index in [1.165, 1.54) is 19.3 Å². The molecule has 0 aliphatic carbocycles. The lowest BCUT2D eigenvalue weighted by Gasteiger charge is -2.37. The van der Waals surface area contributed by atoms with Crippen LogP contribution in [0, 0.1) is 0 Å². The monoisotopic (exact) mass is 199 g/mol. The molecule has 4 heteroatoms. The fraction of sp³-hybridized carbons (Fsp3) is 0.900. The third kappa shape index (κ3) is 2.69. The number of hydrogen-bond donors (Lipinski definition) is 2. The number of carbonyl (C=O) groups is 1. The highest BCUT2D eigenvalue weighted by Gasteiger charge is 2.31. The van der Waals surface area contributed by atoms with Gasteiger partial charge in [-0.05, 0) is 33.2 Å². The maximum atomic E-state index is 11.1. The van der Waals surface area contributed by atoms with Gasteiger partial charge in [-0.2, -0.15) is 0 Å². The van der Waals surface area contributed by atoms with Crippen molar-refractivity contribution in [1.29, 1.82) is 0 Å². The first-order valence-electron chi connectivity index (χ1n) is 5.26. The van der Waals surface area contributed by atoms with Gasteiger partial charge in [0.1, 0.15) is 5.54 Å². The van der Waals surface area contributed by atoms with Gasteiger partial charge in [-0.25, -0.2) is 0 Å². The molecule has 0 bridgehead atoms. The summed E-state index contributed by atoms with van der Waals surface area (Å²) < 4.78 is 0. The number of likely N-dealkylation sites (tertiary alicyclic amines) is 1. The summed E-state index contributed by atoms with van der Waals surface area (Å²) in [6, 6.07) is 0.519. The molecule has 0 radical (unpaired) electrons. The van der Waals surface area contributed by atoms with Crippen LogP contribution in [0.3, 0.4) is 0 Å². The summed E-state index contributed by atoms with van der Waals surface area (Å²) in [4.78, 5) is 13.3. The number of piperidine rings is 1. The lowest BCUT2D eigenvalue weighted by atomic mass is 9.97. The third-order valence-corrected chi connectivity index (χ3v) is 3.04. The van der Waals surface area contributed by atoms with Crippen LogP contribution in [0.15, 0.2) is 0 Å². The predicted octanol–water partition coefficient (Wildman–Crippen LogP) is 0.0635. The summed E-state index contributed by atoms with van der Waals surface area (Å²) in [5, 5.41) is 0. The van der Waals surface area contributed by atoms with Crippen LogP contribution in [-0.4, -0.2) is 35.5 Å². The average Bonchev–Trinajstić information content (AvgIpc) is 2.08. The second-order valence-electron chi connectivity index (χ2n) is 4.60. The zero-order valence-corrected chi connectivity index (χ0v) is 9.12. The molecular formula is C10H21N3O. The third-order valence-electron chi connectivity index (χ3n) is 3.04. The maximum Gasteiger partial charge on any atom is 0.238 e. The van der Waals surface area contributed by atoms with Crippen molar-refractivity contribution in [2.45, 2.75) is 44.7 Å². The second-order valence-corrected chi connectivity index (χ2v) is 4.60. The molecule has 82 valence electrons. The average molecular weight is 199 g/mol. The fourth-order valence-corrected chi connectivity index (χ4v) is 1.89. The topological polar surface area (TPSA) is 72.3 Å². The van der Waals surface area contributed by atoms with E-state index in [2.05, 4.69) is 11.8 Å². The Balaban J connectivity index is 2.53. The van der Waals surface area contributed by atoms with Gasteiger partial charge in [0.25, 0.3) is 0 Å². The molecule has 1 heterocycles. The van der Waals surface area contributed by atoms with Gasteiger partial charge in [0.15, 0.2) is 0 Å². The number of rotatable bonds is 3. The summed E-state index contributed by atoms with van der Waals surface area (Å²) in [6.07, 6.45) is 3.66. The van der Waals surface area contributed by atoms with Crippen molar-refractivity contribution in [3.8, 4) is 0 Å². The van der Waals surface area contributed by atoms with E-state index in [1.807, 2.05) is 0 Å². The van der Waals surface area contributed by atoms with Crippen molar-refractivity contribution in [3.63, 3.8) is 0 Å². The van der Waals surface area contributed by atoms with Crippen LogP contribution in [0.5, 0.6) is 0 Å². The normalized spacial score (nSPS) is 28.4. The van der Waals surface area contributed by atoms with E-state index in [-0.39, 0.29) is 0 Å². The van der Waals surface area contributed by atoms with E-state index in [0.29, 0.717) is 12.6 Å². The van der Waals surface area contributed by atoms with Crippen molar-refractivity contribution < 1.29 is 4.79 Å². The van der Waals surface area contributed by atoms with Gasteiger partial charge in [-0.1, -0.05) is 6.42 Å². The van der Waals surface area contributed by atoms with Crippen molar-refractivity contribution in [2.24, 2.45) is 11.5 Å². The Bertz CT molecular complexity index is 215. The second kappa shape index (κ2) is 4.28. The van der Waals surface area contributed by atoms with Gasteiger partial charge in [-0.3, -0.25) is 9.69 Å². The van der Waals surface area contributed by atoms with Crippen LogP contribution in [-0.2, 0) is 4.79 Å². The smallest absolute Gasteiger partial charge is 0.238 e. The van der Waals surface area contributed by atoms with Crippen LogP contribution in [0.4, 0.5) is 0 Å². The number of amides is 1. The van der Waals surface area contributed by atoms with E-state index in [1.54, 1.807) is 6.92 Å². The molecule has 2 unspecified atom stereocenters. The number of hydrogen-bond acceptors (Lipinski definition) is 3. The Morgan fingerprint density at radius 1 is 1.57 bits per heavy atom. The largest absolute Gasteiger partial charge is 0.368 e. The minimum absolute atomic E-state index is 0.421. The zero-order valence-electron chi connectivity index (χ0n) is 9.12. The van der Waals surface area contributed by atoms with Gasteiger partial charge in [0, 0.05) is 12.6 Å². The standard InChI is InChI=1S/C10H21N3O/c1-8-5-3-4-6-13(8)7-10(2,12)9(11)14/h8H,3-7,12H2,1-2H3,(H2,11,14). The SMILES string of the molecule is CC1CCCCN1CC(C)(N)C(N)=O. The van der Waals surface area contributed by atoms with Crippen molar-refractivity contribution >= 4 is 5.91 Å². The van der Waals surface area contributed by atoms with E-state index < -0.39 is 11.4 Å². The van der Waals surface area contributed by atoms with Crippen LogP contribution in [0.1, 0.15) is 33.1 Å². The summed E-state index contributed by atoms with van der Waals surface area (Å²) in [6.45, 7) is 5.48. The molecule has 4 nitrogen and oxygen atoms in total. The Morgan fingerprint density at radius 3 is 2.71 bits per heavy atom. The molecule has 0 aromatic carbocycles. The van der Waals surface area contributed by atoms with E-state index in [4.69, 9.17) is 11.5 Å². The molecule has 1 saturated heterocycles. The quantitative estimate of drug-likeness (QED) is 0.675. The summed E-state index contributed by atoms with van der Waals surface area (Å²) in [5.41, 5.74) is 10.2. The van der Waals surface area contributed by atoms with Gasteiger partial charge in [0.05, 0.1) is 0 Å². The zero-order chi connectivity index (χ0) is 10.8. The van der Waals surface area contributed by atoms with E-state index >= 15 is 0 Å². The van der Waals surface area contributed by atoms with E-state index in [9.17, 15) is 4.79 Å². The number of nitrogens with two attached hydrogens (primary N) is 2. The van der Waals surface area contributed by atoms with Crippen molar-refractivity contribution in [2.75, 3.05) is 13.1 Å². The van der Waals surface area contributed by atoms with Gasteiger partial charge in [-0.15, -0.1) is 0 Å². The van der Waals surface area contributed by atoms with Gasteiger partial charge >= 0.3 is 0 Å². The molecular weight excluding hydrogens is 178 g/mol. The molecule has 2 atom stereocenters. The van der Waals surface area contributed by atoms with Gasteiger partial charge in [0.2, 0.25) is 5.91 Å². The Hall–Kier alpha value is -0.610. The van der Waals surface area contributed by atoms with E-state index in [0.717, 1.165) is 6.54 Å². The molecule has 0 spiro atoms. The fourth-order valence-electron chi connectivity index (χ4n) is 1.89. The molecule has 14 heavy (non-hydrogen) atoms. The highest BCUT2D eigenvalue weighted by molar-refractivity contribution is 5.84. The van der Waals surface area contributed by atoms with Crippen molar-refractivity contribution in [1.82, 2.24) is 4.90 Å². The summed E-state index contributed by atoms with van der Waals surface area (Å²) in [7, 11) is 0.